The number of piperidine rings is 1. The predicted octanol–water partition coefficient (Wildman–Crippen LogP) is 4.52. The molecule has 0 saturated carbocycles. The Hall–Kier alpha value is -3.75. The van der Waals surface area contributed by atoms with Gasteiger partial charge in [0, 0.05) is 18.2 Å². The molecule has 4 rings (SSSR count). The average Bonchev–Trinajstić information content (AvgIpc) is 3.34. The highest BCUT2D eigenvalue weighted by molar-refractivity contribution is 5.91. The molecule has 9 nitrogen and oxygen atoms in total. The van der Waals surface area contributed by atoms with Crippen LogP contribution in [0.5, 0.6) is 17.2 Å². The van der Waals surface area contributed by atoms with Crippen LogP contribution in [-0.4, -0.2) is 48.9 Å². The molecule has 1 aliphatic heterocycles. The van der Waals surface area contributed by atoms with Crippen molar-refractivity contribution in [3.63, 3.8) is 0 Å². The van der Waals surface area contributed by atoms with E-state index in [2.05, 4.69) is 15.5 Å². The molecule has 0 bridgehead atoms. The van der Waals surface area contributed by atoms with Gasteiger partial charge < -0.3 is 29.0 Å². The second-order valence-corrected chi connectivity index (χ2v) is 7.39. The Kier molecular flexibility index (Phi) is 6.44. The second kappa shape index (κ2) is 9.59. The number of aromatic nitrogens is 2. The van der Waals surface area contributed by atoms with E-state index in [0.717, 1.165) is 30.6 Å². The zero-order valence-electron chi connectivity index (χ0n) is 18.3. The van der Waals surface area contributed by atoms with E-state index < -0.39 is 0 Å². The average molecular weight is 438 g/mol. The summed E-state index contributed by atoms with van der Waals surface area (Å²) in [5, 5.41) is 7.06. The molecule has 1 fully saturated rings. The number of rotatable bonds is 6. The van der Waals surface area contributed by atoms with Crippen molar-refractivity contribution in [2.24, 2.45) is 0 Å². The monoisotopic (exact) mass is 438 g/mol. The highest BCUT2D eigenvalue weighted by Crippen LogP contribution is 2.34. The van der Waals surface area contributed by atoms with Crippen LogP contribution in [-0.2, 0) is 0 Å². The van der Waals surface area contributed by atoms with Gasteiger partial charge >= 0.3 is 6.03 Å². The number of likely N-dealkylation sites (tertiary alicyclic amines) is 1. The summed E-state index contributed by atoms with van der Waals surface area (Å²) >= 11 is 0. The first-order valence-electron chi connectivity index (χ1n) is 10.4. The molecule has 2 aromatic carbocycles. The summed E-state index contributed by atoms with van der Waals surface area (Å²) < 4.78 is 21.4. The molecule has 0 radical (unpaired) electrons. The van der Waals surface area contributed by atoms with Gasteiger partial charge in [-0.2, -0.15) is 4.98 Å². The van der Waals surface area contributed by atoms with Gasteiger partial charge in [0.1, 0.15) is 23.3 Å². The molecule has 0 spiro atoms. The van der Waals surface area contributed by atoms with Crippen LogP contribution in [0.25, 0.3) is 11.4 Å². The van der Waals surface area contributed by atoms with Crippen LogP contribution < -0.4 is 19.5 Å². The zero-order chi connectivity index (χ0) is 22.5. The summed E-state index contributed by atoms with van der Waals surface area (Å²) in [4.78, 5) is 19.5. The molecule has 2 heterocycles. The van der Waals surface area contributed by atoms with Gasteiger partial charge in [-0.1, -0.05) is 5.16 Å². The molecule has 32 heavy (non-hydrogen) atoms. The molecule has 2 amide bonds. The second-order valence-electron chi connectivity index (χ2n) is 7.39. The molecule has 1 saturated heterocycles. The van der Waals surface area contributed by atoms with E-state index in [1.54, 1.807) is 44.4 Å². The van der Waals surface area contributed by atoms with Crippen LogP contribution in [0.15, 0.2) is 47.0 Å². The van der Waals surface area contributed by atoms with E-state index >= 15 is 0 Å². The first-order chi connectivity index (χ1) is 15.6. The molecule has 3 aromatic rings. The predicted molar refractivity (Wildman–Crippen MR) is 118 cm³/mol. The fraction of sp³-hybridized carbons (Fsp3) is 0.348. The van der Waals surface area contributed by atoms with E-state index in [0.29, 0.717) is 35.4 Å². The van der Waals surface area contributed by atoms with Crippen molar-refractivity contribution in [1.29, 1.82) is 0 Å². The first kappa shape index (κ1) is 21.5. The number of anilines is 1. The number of hydrogen-bond acceptors (Lipinski definition) is 7. The van der Waals surface area contributed by atoms with Gasteiger partial charge in [0.15, 0.2) is 0 Å². The summed E-state index contributed by atoms with van der Waals surface area (Å²) in [7, 11) is 4.74. The Morgan fingerprint density at radius 1 is 1.03 bits per heavy atom. The SMILES string of the molecule is COc1ccc(-c2noc(C3CCCCN3C(=O)Nc3ccc(OC)cc3OC)n2)cc1. The van der Waals surface area contributed by atoms with Crippen molar-refractivity contribution in [1.82, 2.24) is 15.0 Å². The van der Waals surface area contributed by atoms with Crippen molar-refractivity contribution in [3.8, 4) is 28.6 Å². The molecule has 168 valence electrons. The summed E-state index contributed by atoms with van der Waals surface area (Å²) in [6.45, 7) is 0.592. The molecule has 1 aliphatic rings. The maximum Gasteiger partial charge on any atom is 0.322 e. The van der Waals surface area contributed by atoms with E-state index in [-0.39, 0.29) is 12.1 Å². The summed E-state index contributed by atoms with van der Waals surface area (Å²) in [6, 6.07) is 12.1. The maximum absolute atomic E-state index is 13.1. The number of methoxy groups -OCH3 is 3. The minimum Gasteiger partial charge on any atom is -0.497 e. The van der Waals surface area contributed by atoms with Crippen molar-refractivity contribution in [2.75, 3.05) is 33.2 Å². The molecule has 1 unspecified atom stereocenters. The summed E-state index contributed by atoms with van der Waals surface area (Å²) in [5.74, 6) is 2.82. The van der Waals surface area contributed by atoms with E-state index in [1.807, 2.05) is 24.3 Å². The number of benzene rings is 2. The molecule has 0 aliphatic carbocycles. The standard InChI is InChI=1S/C23H26N4O5/c1-29-16-9-7-15(8-10-16)21-25-22(32-26-21)19-6-4-5-13-27(19)23(28)24-18-12-11-17(30-2)14-20(18)31-3/h7-12,14,19H,4-6,13H2,1-3H3,(H,24,28). The van der Waals surface area contributed by atoms with Gasteiger partial charge in [-0.3, -0.25) is 0 Å². The number of ether oxygens (including phenoxy) is 3. The Morgan fingerprint density at radius 3 is 2.50 bits per heavy atom. The number of amides is 2. The lowest BCUT2D eigenvalue weighted by Crippen LogP contribution is -2.41. The topological polar surface area (TPSA) is 99.0 Å². The largest absolute Gasteiger partial charge is 0.497 e. The van der Waals surface area contributed by atoms with E-state index in [4.69, 9.17) is 18.7 Å². The Balaban J connectivity index is 1.53. The van der Waals surface area contributed by atoms with Crippen molar-refractivity contribution >= 4 is 11.7 Å². The lowest BCUT2D eigenvalue weighted by atomic mass is 10.0. The molecular weight excluding hydrogens is 412 g/mol. The molecule has 1 N–H and O–H groups in total. The molecule has 1 atom stereocenters. The van der Waals surface area contributed by atoms with Gasteiger partial charge in [0.05, 0.1) is 27.0 Å². The Labute approximate surface area is 186 Å². The molecular formula is C23H26N4O5. The highest BCUT2D eigenvalue weighted by Gasteiger charge is 2.32. The lowest BCUT2D eigenvalue weighted by Gasteiger charge is -2.33. The minimum absolute atomic E-state index is 0.248. The number of hydrogen-bond donors (Lipinski definition) is 1. The van der Waals surface area contributed by atoms with Gasteiger partial charge in [-0.05, 0) is 55.7 Å². The van der Waals surface area contributed by atoms with Crippen LogP contribution in [0.4, 0.5) is 10.5 Å². The van der Waals surface area contributed by atoms with Crippen molar-refractivity contribution in [3.05, 3.63) is 48.4 Å². The van der Waals surface area contributed by atoms with Gasteiger partial charge in [-0.15, -0.1) is 0 Å². The van der Waals surface area contributed by atoms with E-state index in [9.17, 15) is 4.79 Å². The van der Waals surface area contributed by atoms with Gasteiger partial charge in [0.2, 0.25) is 11.7 Å². The van der Waals surface area contributed by atoms with Crippen LogP contribution >= 0.6 is 0 Å². The molecule has 9 heteroatoms. The summed E-state index contributed by atoms with van der Waals surface area (Å²) in [5.41, 5.74) is 1.38. The van der Waals surface area contributed by atoms with Crippen LogP contribution in [0.1, 0.15) is 31.2 Å². The van der Waals surface area contributed by atoms with Crippen molar-refractivity contribution < 1.29 is 23.5 Å². The first-order valence-corrected chi connectivity index (χ1v) is 10.4. The zero-order valence-corrected chi connectivity index (χ0v) is 18.3. The lowest BCUT2D eigenvalue weighted by molar-refractivity contribution is 0.142. The van der Waals surface area contributed by atoms with Crippen LogP contribution in [0, 0.1) is 0 Å². The third-order valence-electron chi connectivity index (χ3n) is 5.49. The maximum atomic E-state index is 13.1. The quantitative estimate of drug-likeness (QED) is 0.604. The third kappa shape index (κ3) is 4.46. The van der Waals surface area contributed by atoms with E-state index in [1.165, 1.54) is 0 Å². The smallest absolute Gasteiger partial charge is 0.322 e. The highest BCUT2D eigenvalue weighted by atomic mass is 16.5. The van der Waals surface area contributed by atoms with Crippen LogP contribution in [0.3, 0.4) is 0 Å². The number of carbonyl (C=O) groups excluding carboxylic acids is 1. The minimum atomic E-state index is -0.299. The fourth-order valence-electron chi connectivity index (χ4n) is 3.75. The third-order valence-corrected chi connectivity index (χ3v) is 5.49. The fourth-order valence-corrected chi connectivity index (χ4v) is 3.75. The summed E-state index contributed by atoms with van der Waals surface area (Å²) in [6.07, 6.45) is 2.63. The normalized spacial score (nSPS) is 15.8. The number of urea groups is 1. The van der Waals surface area contributed by atoms with Crippen molar-refractivity contribution in [2.45, 2.75) is 25.3 Å². The molecule has 1 aromatic heterocycles. The Morgan fingerprint density at radius 2 is 1.78 bits per heavy atom. The van der Waals surface area contributed by atoms with Gasteiger partial charge in [0.25, 0.3) is 0 Å². The van der Waals surface area contributed by atoms with Gasteiger partial charge in [-0.25, -0.2) is 4.79 Å². The Bertz CT molecular complexity index is 1070. The number of carbonyl (C=O) groups is 1. The van der Waals surface area contributed by atoms with Crippen LogP contribution in [0.2, 0.25) is 0 Å². The number of nitrogens with zero attached hydrogens (tertiary/aromatic N) is 3. The number of nitrogens with one attached hydrogen (secondary N) is 1.